The smallest absolute Gasteiger partial charge is 0.0647 e. The van der Waals surface area contributed by atoms with Gasteiger partial charge in [0, 0.05) is 5.54 Å². The van der Waals surface area contributed by atoms with Crippen molar-refractivity contribution >= 4 is 23.6 Å². The molecule has 7 rings (SSSR count). The van der Waals surface area contributed by atoms with Crippen molar-refractivity contribution in [2.24, 2.45) is 0 Å². The van der Waals surface area contributed by atoms with Crippen molar-refractivity contribution < 1.29 is 0 Å². The highest BCUT2D eigenvalue weighted by Gasteiger charge is 2.50. The molecule has 0 saturated carbocycles. The molecule has 0 aromatic heterocycles. The molecule has 0 atom stereocenters. The summed E-state index contributed by atoms with van der Waals surface area (Å²) >= 11 is 0. The van der Waals surface area contributed by atoms with Crippen molar-refractivity contribution in [1.29, 1.82) is 0 Å². The van der Waals surface area contributed by atoms with Gasteiger partial charge in [-0.25, -0.2) is 0 Å². The third-order valence-corrected chi connectivity index (χ3v) is 19.3. The molecule has 0 unspecified atom stereocenters. The van der Waals surface area contributed by atoms with Crippen molar-refractivity contribution in [2.45, 2.75) is 115 Å². The Morgan fingerprint density at radius 2 is 0.603 bits per heavy atom. The van der Waals surface area contributed by atoms with E-state index in [1.807, 2.05) is 0 Å². The minimum Gasteiger partial charge on any atom is -0.0647 e. The van der Waals surface area contributed by atoms with E-state index in [9.17, 15) is 0 Å². The largest absolute Gasteiger partial charge is 0.159 e. The molecule has 6 aromatic rings. The third-order valence-electron chi connectivity index (χ3n) is 13.9. The fraction of sp³-hybridized carbons (Fsp3) is 0.298. The zero-order valence-corrected chi connectivity index (χ0v) is 38.6. The highest BCUT2D eigenvalue weighted by Crippen LogP contribution is 2.46. The summed E-state index contributed by atoms with van der Waals surface area (Å²) in [5.74, 6) is 0. The quantitative estimate of drug-likeness (QED) is 0.0960. The van der Waals surface area contributed by atoms with E-state index in [4.69, 9.17) is 0 Å². The van der Waals surface area contributed by atoms with Crippen LogP contribution in [0.3, 0.4) is 0 Å². The van der Waals surface area contributed by atoms with Gasteiger partial charge in [-0.1, -0.05) is 137 Å². The van der Waals surface area contributed by atoms with Crippen LogP contribution < -0.4 is 15.6 Å². The second-order valence-corrected chi connectivity index (χ2v) is 22.0. The van der Waals surface area contributed by atoms with Gasteiger partial charge in [0.15, 0.2) is 8.07 Å². The van der Waals surface area contributed by atoms with Gasteiger partial charge in [0.1, 0.15) is 0 Å². The molecule has 1 heteroatoms. The summed E-state index contributed by atoms with van der Waals surface area (Å²) in [6.45, 7) is 30.0. The van der Waals surface area contributed by atoms with Crippen LogP contribution in [-0.2, 0) is 19.3 Å². The summed E-state index contributed by atoms with van der Waals surface area (Å²) in [4.78, 5) is 0. The summed E-state index contributed by atoms with van der Waals surface area (Å²) in [5.41, 5.74) is 27.1. The fourth-order valence-electron chi connectivity index (χ4n) is 10.9. The van der Waals surface area contributed by atoms with Gasteiger partial charge >= 0.3 is 0 Å². The molecular formula is C57H64Si. The van der Waals surface area contributed by atoms with E-state index >= 15 is 0 Å². The highest BCUT2D eigenvalue weighted by atomic mass is 28.3. The van der Waals surface area contributed by atoms with E-state index in [1.165, 1.54) is 121 Å². The highest BCUT2D eigenvalue weighted by molar-refractivity contribution is 7.13. The number of hydrogen-bond donors (Lipinski definition) is 0. The maximum Gasteiger partial charge on any atom is 0.159 e. The molecule has 6 aromatic carbocycles. The number of allylic oxidation sites excluding steroid dienone is 4. The van der Waals surface area contributed by atoms with Gasteiger partial charge in [-0.3, -0.25) is 0 Å². The van der Waals surface area contributed by atoms with Crippen LogP contribution in [0, 0.1) is 62.3 Å². The van der Waals surface area contributed by atoms with Crippen LogP contribution in [0.5, 0.6) is 0 Å². The van der Waals surface area contributed by atoms with E-state index in [0.717, 1.165) is 19.3 Å². The Hall–Kier alpha value is -4.98. The molecule has 0 bridgehead atoms. The number of benzene rings is 6. The molecule has 0 amide bonds. The van der Waals surface area contributed by atoms with Crippen LogP contribution in [0.4, 0.5) is 0 Å². The Kier molecular flexibility index (Phi) is 11.6. The SMILES string of the molecule is CC1=C(C)C([Si](c2cccc(Cc3c(C)cc(C)cc3C)c2)(c2cccc(Cc3c(C)cc(C)cc3C)c2)c2cccc(Cc3c(C)cc(C)cc3C)c2)C(C)=C1C. The van der Waals surface area contributed by atoms with E-state index in [-0.39, 0.29) is 0 Å². The lowest BCUT2D eigenvalue weighted by Gasteiger charge is -2.41. The van der Waals surface area contributed by atoms with Gasteiger partial charge in [0.05, 0.1) is 0 Å². The standard InChI is InChI=1S/C57H64Si/c1-35-23-38(4)54(39(5)24-35)32-48-17-14-20-51(29-48)58(57-46(12)44(10)45(11)47(57)13,52-21-15-18-49(30-52)33-55-40(6)25-36(2)26-41(55)7)53-22-16-19-50(31-53)34-56-42(8)27-37(3)28-43(56)9/h14-31,57H,32-34H2,1-13H3. The Labute approximate surface area is 351 Å². The van der Waals surface area contributed by atoms with Crippen LogP contribution in [0.15, 0.2) is 131 Å². The topological polar surface area (TPSA) is 0 Å². The molecular weight excluding hydrogens is 713 g/mol. The lowest BCUT2D eigenvalue weighted by atomic mass is 9.94. The fourth-order valence-corrected chi connectivity index (χ4v) is 16.9. The summed E-state index contributed by atoms with van der Waals surface area (Å²) in [7, 11) is -2.87. The Morgan fingerprint density at radius 1 is 0.345 bits per heavy atom. The average Bonchev–Trinajstić information content (AvgIpc) is 3.35. The van der Waals surface area contributed by atoms with E-state index in [0.29, 0.717) is 5.54 Å². The molecule has 0 radical (unpaired) electrons. The maximum atomic E-state index is 2.62. The third kappa shape index (κ3) is 7.67. The summed E-state index contributed by atoms with van der Waals surface area (Å²) in [5, 5.41) is 4.50. The summed E-state index contributed by atoms with van der Waals surface area (Å²) in [6.07, 6.45) is 2.79. The van der Waals surface area contributed by atoms with Gasteiger partial charge in [-0.15, -0.1) is 0 Å². The molecule has 58 heavy (non-hydrogen) atoms. The molecule has 0 heterocycles. The summed E-state index contributed by atoms with van der Waals surface area (Å²) in [6, 6.07) is 43.7. The van der Waals surface area contributed by atoms with Crippen LogP contribution in [0.1, 0.15) is 111 Å². The van der Waals surface area contributed by atoms with Crippen molar-refractivity contribution in [3.8, 4) is 0 Å². The van der Waals surface area contributed by atoms with Crippen molar-refractivity contribution in [1.82, 2.24) is 0 Å². The lowest BCUT2D eigenvalue weighted by Crippen LogP contribution is -2.70. The normalized spacial score (nSPS) is 13.6. The van der Waals surface area contributed by atoms with Crippen LogP contribution in [0.25, 0.3) is 0 Å². The predicted octanol–water partition coefficient (Wildman–Crippen LogP) is 12.8. The molecule has 0 spiro atoms. The number of aryl methyl sites for hydroxylation is 9. The van der Waals surface area contributed by atoms with Gasteiger partial charge in [0.2, 0.25) is 0 Å². The lowest BCUT2D eigenvalue weighted by molar-refractivity contribution is 1.08. The zero-order chi connectivity index (χ0) is 41.6. The first-order chi connectivity index (χ1) is 27.6. The molecule has 0 aliphatic heterocycles. The molecule has 0 fully saturated rings. The molecule has 0 saturated heterocycles. The van der Waals surface area contributed by atoms with Gasteiger partial charge in [0.25, 0.3) is 0 Å². The van der Waals surface area contributed by atoms with Crippen molar-refractivity contribution in [3.63, 3.8) is 0 Å². The Balaban J connectivity index is 1.51. The number of rotatable bonds is 10. The van der Waals surface area contributed by atoms with Crippen molar-refractivity contribution in [2.75, 3.05) is 0 Å². The molecule has 0 nitrogen and oxygen atoms in total. The first kappa shape index (κ1) is 41.2. The van der Waals surface area contributed by atoms with Crippen LogP contribution in [-0.4, -0.2) is 8.07 Å². The van der Waals surface area contributed by atoms with E-state index in [2.05, 4.69) is 199 Å². The second-order valence-electron chi connectivity index (χ2n) is 18.1. The average molecular weight is 777 g/mol. The second kappa shape index (κ2) is 16.3. The minimum atomic E-state index is -2.87. The van der Waals surface area contributed by atoms with E-state index in [1.54, 1.807) is 0 Å². The molecule has 1 aliphatic carbocycles. The van der Waals surface area contributed by atoms with Crippen molar-refractivity contribution in [3.05, 3.63) is 215 Å². The van der Waals surface area contributed by atoms with Gasteiger partial charge in [-0.05, 0) is 203 Å². The monoisotopic (exact) mass is 776 g/mol. The predicted molar refractivity (Wildman–Crippen MR) is 255 cm³/mol. The Bertz CT molecular complexity index is 2280. The first-order valence-corrected chi connectivity index (χ1v) is 23.5. The van der Waals surface area contributed by atoms with E-state index < -0.39 is 8.07 Å². The van der Waals surface area contributed by atoms with Gasteiger partial charge in [-0.2, -0.15) is 0 Å². The Morgan fingerprint density at radius 3 is 0.862 bits per heavy atom. The van der Waals surface area contributed by atoms with Gasteiger partial charge < -0.3 is 0 Å². The minimum absolute atomic E-state index is 0.293. The zero-order valence-electron chi connectivity index (χ0n) is 37.6. The molecule has 1 aliphatic rings. The summed E-state index contributed by atoms with van der Waals surface area (Å²) < 4.78 is 0. The van der Waals surface area contributed by atoms with Crippen LogP contribution >= 0.6 is 0 Å². The molecule has 0 N–H and O–H groups in total. The molecule has 296 valence electrons. The maximum absolute atomic E-state index is 2.87. The number of hydrogen-bond acceptors (Lipinski definition) is 0. The van der Waals surface area contributed by atoms with Crippen LogP contribution in [0.2, 0.25) is 5.54 Å². The first-order valence-electron chi connectivity index (χ1n) is 21.4.